The highest BCUT2D eigenvalue weighted by Gasteiger charge is 2.43. The smallest absolute Gasteiger partial charge is 0.323 e. The second-order valence-corrected chi connectivity index (χ2v) is 11.1. The van der Waals surface area contributed by atoms with Crippen molar-refractivity contribution in [2.45, 2.75) is 43.4 Å². The van der Waals surface area contributed by atoms with Crippen molar-refractivity contribution in [2.75, 3.05) is 12.3 Å². The van der Waals surface area contributed by atoms with E-state index in [1.165, 1.54) is 36.7 Å². The molecule has 0 spiro atoms. The standard InChI is InChI=1S/C25H22F6N4O3S/c1-4-6-14-15(24(26,27)28)11-17-21(22(14)36)35(3)23(34-17)20-18(39(37,38)5-2)9-8-16(33-20)13-7-10-19(32-12-13)25(29,30)31/h6-11,13H,4-5,12H2,1-3H3/b14-6+. The molecule has 39 heavy (non-hydrogen) atoms. The number of aromatic nitrogens is 3. The molecule has 1 unspecified atom stereocenters. The number of imidazole rings is 1. The van der Waals surface area contributed by atoms with Crippen LogP contribution in [0, 0.1) is 0 Å². The van der Waals surface area contributed by atoms with Crippen LogP contribution in [0.25, 0.3) is 17.6 Å². The normalized spacial score (nSPS) is 19.3. The predicted molar refractivity (Wildman–Crippen MR) is 131 cm³/mol. The molecule has 3 heterocycles. The van der Waals surface area contributed by atoms with Crippen molar-refractivity contribution >= 4 is 27.4 Å². The number of hydrogen-bond acceptors (Lipinski definition) is 6. The third kappa shape index (κ3) is 5.21. The van der Waals surface area contributed by atoms with Crippen molar-refractivity contribution in [3.63, 3.8) is 0 Å². The Morgan fingerprint density at radius 1 is 1.08 bits per heavy atom. The van der Waals surface area contributed by atoms with Gasteiger partial charge >= 0.3 is 12.4 Å². The highest BCUT2D eigenvalue weighted by molar-refractivity contribution is 7.91. The summed E-state index contributed by atoms with van der Waals surface area (Å²) in [5, 5.41) is 0. The Balaban J connectivity index is 1.90. The minimum absolute atomic E-state index is 0.157. The molecule has 0 saturated heterocycles. The van der Waals surface area contributed by atoms with E-state index in [4.69, 9.17) is 0 Å². The van der Waals surface area contributed by atoms with E-state index in [9.17, 15) is 39.6 Å². The van der Waals surface area contributed by atoms with E-state index in [0.717, 1.165) is 18.2 Å². The molecular formula is C25H22F6N4O3S. The van der Waals surface area contributed by atoms with Crippen molar-refractivity contribution in [2.24, 2.45) is 12.0 Å². The Labute approximate surface area is 219 Å². The molecule has 2 aliphatic rings. The summed E-state index contributed by atoms with van der Waals surface area (Å²) in [6.07, 6.45) is -5.39. The van der Waals surface area contributed by atoms with Crippen molar-refractivity contribution in [3.8, 4) is 11.5 Å². The zero-order chi connectivity index (χ0) is 28.9. The Kier molecular flexibility index (Phi) is 7.21. The minimum Gasteiger partial charge on any atom is -0.323 e. The van der Waals surface area contributed by atoms with Crippen LogP contribution in [0.15, 0.2) is 51.4 Å². The van der Waals surface area contributed by atoms with Gasteiger partial charge in [0.1, 0.15) is 17.1 Å². The van der Waals surface area contributed by atoms with Gasteiger partial charge in [0.05, 0.1) is 34.2 Å². The van der Waals surface area contributed by atoms with Crippen molar-refractivity contribution < 1.29 is 39.6 Å². The molecule has 1 atom stereocenters. The monoisotopic (exact) mass is 572 g/mol. The van der Waals surface area contributed by atoms with Crippen LogP contribution >= 0.6 is 0 Å². The topological polar surface area (TPSA) is 94.3 Å². The molecule has 1 aliphatic heterocycles. The highest BCUT2D eigenvalue weighted by atomic mass is 32.2. The molecule has 14 heteroatoms. The number of Topliss-reactive ketones (excluding diaryl/α,β-unsaturated/α-hetero) is 1. The number of carbonyl (C=O) groups is 1. The first-order valence-corrected chi connectivity index (χ1v) is 13.4. The fourth-order valence-electron chi connectivity index (χ4n) is 4.33. The number of dihydropyridines is 1. The van der Waals surface area contributed by atoms with Crippen LogP contribution in [0.2, 0.25) is 0 Å². The summed E-state index contributed by atoms with van der Waals surface area (Å²) in [4.78, 5) is 25.0. The van der Waals surface area contributed by atoms with Crippen molar-refractivity contribution in [3.05, 3.63) is 58.6 Å². The molecule has 0 N–H and O–H groups in total. The molecule has 2 aromatic heterocycles. The van der Waals surface area contributed by atoms with Gasteiger partial charge in [-0.05, 0) is 30.7 Å². The molecule has 0 radical (unpaired) electrons. The Bertz CT molecular complexity index is 1580. The zero-order valence-corrected chi connectivity index (χ0v) is 21.7. The van der Waals surface area contributed by atoms with E-state index in [1.54, 1.807) is 6.92 Å². The lowest BCUT2D eigenvalue weighted by Gasteiger charge is -2.19. The maximum atomic E-state index is 13.8. The third-order valence-electron chi connectivity index (χ3n) is 6.29. The van der Waals surface area contributed by atoms with E-state index >= 15 is 0 Å². The average Bonchev–Trinajstić information content (AvgIpc) is 3.20. The lowest BCUT2D eigenvalue weighted by Crippen LogP contribution is -2.24. The number of aliphatic imine (C=N–C) groups is 1. The summed E-state index contributed by atoms with van der Waals surface area (Å²) >= 11 is 0. The lowest BCUT2D eigenvalue weighted by atomic mass is 9.91. The molecule has 0 aromatic carbocycles. The first kappa shape index (κ1) is 28.5. The summed E-state index contributed by atoms with van der Waals surface area (Å²) < 4.78 is 107. The van der Waals surface area contributed by atoms with E-state index in [-0.39, 0.29) is 52.2 Å². The van der Waals surface area contributed by atoms with Crippen LogP contribution < -0.4 is 0 Å². The van der Waals surface area contributed by atoms with Crippen LogP contribution in [0.4, 0.5) is 26.3 Å². The van der Waals surface area contributed by atoms with Gasteiger partial charge in [0.25, 0.3) is 0 Å². The Morgan fingerprint density at radius 2 is 1.77 bits per heavy atom. The van der Waals surface area contributed by atoms with Crippen LogP contribution in [0.3, 0.4) is 0 Å². The van der Waals surface area contributed by atoms with Gasteiger partial charge in [-0.1, -0.05) is 26.0 Å². The van der Waals surface area contributed by atoms with Crippen LogP contribution in [0.5, 0.6) is 0 Å². The van der Waals surface area contributed by atoms with Gasteiger partial charge < -0.3 is 4.57 Å². The molecule has 0 fully saturated rings. The van der Waals surface area contributed by atoms with E-state index in [1.807, 2.05) is 0 Å². The predicted octanol–water partition coefficient (Wildman–Crippen LogP) is 5.41. The van der Waals surface area contributed by atoms with Gasteiger partial charge in [0.15, 0.2) is 15.7 Å². The number of alkyl halides is 6. The molecule has 2 aromatic rings. The Hall–Kier alpha value is -3.55. The number of rotatable bonds is 5. The number of hydrogen-bond donors (Lipinski definition) is 0. The molecule has 1 aliphatic carbocycles. The van der Waals surface area contributed by atoms with Gasteiger partial charge in [0.2, 0.25) is 5.78 Å². The number of ketones is 1. The van der Waals surface area contributed by atoms with Crippen LogP contribution in [0.1, 0.15) is 48.1 Å². The molecule has 208 valence electrons. The molecule has 0 amide bonds. The summed E-state index contributed by atoms with van der Waals surface area (Å²) in [5.74, 6) is -2.19. The maximum absolute atomic E-state index is 13.8. The summed E-state index contributed by atoms with van der Waals surface area (Å²) in [7, 11) is -2.59. The number of fused-ring (bicyclic) bond motifs is 1. The zero-order valence-electron chi connectivity index (χ0n) is 20.9. The third-order valence-corrected chi connectivity index (χ3v) is 8.05. The molecule has 0 bridgehead atoms. The van der Waals surface area contributed by atoms with Crippen LogP contribution in [-0.4, -0.2) is 59.1 Å². The number of pyridine rings is 1. The second kappa shape index (κ2) is 9.88. The fourth-order valence-corrected chi connectivity index (χ4v) is 5.35. The van der Waals surface area contributed by atoms with Gasteiger partial charge in [0, 0.05) is 18.5 Å². The maximum Gasteiger partial charge on any atom is 0.432 e. The average molecular weight is 573 g/mol. The van der Waals surface area contributed by atoms with E-state index in [2.05, 4.69) is 15.0 Å². The van der Waals surface area contributed by atoms with E-state index < -0.39 is 50.7 Å². The summed E-state index contributed by atoms with van der Waals surface area (Å²) in [6, 6.07) is 2.56. The quantitative estimate of drug-likeness (QED) is 0.353. The lowest BCUT2D eigenvalue weighted by molar-refractivity contribution is -0.0884. The van der Waals surface area contributed by atoms with Crippen LogP contribution in [-0.2, 0) is 16.9 Å². The number of sulfone groups is 1. The summed E-state index contributed by atoms with van der Waals surface area (Å²) in [5.41, 5.74) is -3.32. The highest BCUT2D eigenvalue weighted by Crippen LogP contribution is 2.40. The number of carbonyl (C=O) groups excluding carboxylic acids is 1. The first-order chi connectivity index (χ1) is 18.1. The van der Waals surface area contributed by atoms with Gasteiger partial charge in [-0.2, -0.15) is 26.3 Å². The minimum atomic E-state index is -4.84. The molecule has 7 nitrogen and oxygen atoms in total. The van der Waals surface area contributed by atoms with E-state index in [0.29, 0.717) is 0 Å². The van der Waals surface area contributed by atoms with Gasteiger partial charge in [-0.15, -0.1) is 0 Å². The summed E-state index contributed by atoms with van der Waals surface area (Å²) in [6.45, 7) is 2.66. The number of nitrogens with zero attached hydrogens (tertiary/aromatic N) is 4. The van der Waals surface area contributed by atoms with Crippen molar-refractivity contribution in [1.29, 1.82) is 0 Å². The van der Waals surface area contributed by atoms with Gasteiger partial charge in [-0.25, -0.2) is 18.4 Å². The number of halogens is 6. The second-order valence-electron chi connectivity index (χ2n) is 8.81. The molecular weight excluding hydrogens is 550 g/mol. The SMILES string of the molecule is CC/C=C1/C(=O)c2c(nc(-c3nc(C4C=CC(C(F)(F)F)=NC4)ccc3S(=O)(=O)CC)n2C)C=C1C(F)(F)F. The largest absolute Gasteiger partial charge is 0.432 e. The first-order valence-electron chi connectivity index (χ1n) is 11.7. The van der Waals surface area contributed by atoms with Crippen molar-refractivity contribution in [1.82, 2.24) is 14.5 Å². The Morgan fingerprint density at radius 3 is 2.31 bits per heavy atom. The fraction of sp³-hybridized carbons (Fsp3) is 0.360. The molecule has 0 saturated carbocycles. The number of allylic oxidation sites excluding steroid dienone is 4. The molecule has 4 rings (SSSR count). The van der Waals surface area contributed by atoms with Gasteiger partial charge in [-0.3, -0.25) is 9.79 Å².